The molecule has 3 rings (SSSR count). The number of anilines is 1. The van der Waals surface area contributed by atoms with Crippen LogP contribution in [0.3, 0.4) is 0 Å². The highest BCUT2D eigenvalue weighted by Crippen LogP contribution is 2.26. The molecule has 0 fully saturated rings. The Bertz CT molecular complexity index is 1040. The molecule has 0 aliphatic heterocycles. The quantitative estimate of drug-likeness (QED) is 0.488. The van der Waals surface area contributed by atoms with Gasteiger partial charge in [-0.3, -0.25) is 14.6 Å². The van der Waals surface area contributed by atoms with E-state index in [9.17, 15) is 9.59 Å². The van der Waals surface area contributed by atoms with Crippen molar-refractivity contribution in [3.8, 4) is 11.1 Å². The molecule has 1 heterocycles. The minimum Gasteiger partial charge on any atom is -0.316 e. The zero-order chi connectivity index (χ0) is 21.7. The molecule has 0 aliphatic rings. The van der Waals surface area contributed by atoms with Crippen molar-refractivity contribution in [3.05, 3.63) is 83.2 Å². The lowest BCUT2D eigenvalue weighted by molar-refractivity contribution is -0.118. The molecule has 0 radical (unpaired) electrons. The Kier molecular flexibility index (Phi) is 6.78. The molecule has 0 saturated heterocycles. The Morgan fingerprint density at radius 3 is 2.23 bits per heavy atom. The van der Waals surface area contributed by atoms with Gasteiger partial charge < -0.3 is 4.90 Å². The second-order valence-electron chi connectivity index (χ2n) is 7.61. The van der Waals surface area contributed by atoms with Crippen LogP contribution in [0.4, 0.5) is 5.69 Å². The number of benzene rings is 2. The maximum Gasteiger partial charge on any atom is 0.226 e. The van der Waals surface area contributed by atoms with Crippen LogP contribution in [0.5, 0.6) is 0 Å². The second kappa shape index (κ2) is 9.49. The Hall–Kier alpha value is -3.27. The predicted octanol–water partition coefficient (Wildman–Crippen LogP) is 5.55. The number of pyridine rings is 1. The Balaban J connectivity index is 1.70. The van der Waals surface area contributed by atoms with Crippen LogP contribution in [0.1, 0.15) is 46.9 Å². The van der Waals surface area contributed by atoms with E-state index in [1.165, 1.54) is 0 Å². The number of amides is 1. The third kappa shape index (κ3) is 5.01. The molecule has 0 spiro atoms. The molecule has 0 N–H and O–H groups in total. The molecule has 0 unspecified atom stereocenters. The van der Waals surface area contributed by atoms with Crippen molar-refractivity contribution in [2.24, 2.45) is 0 Å². The molecule has 4 nitrogen and oxygen atoms in total. The fourth-order valence-electron chi connectivity index (χ4n) is 3.45. The first-order chi connectivity index (χ1) is 14.4. The van der Waals surface area contributed by atoms with Crippen LogP contribution in [0.25, 0.3) is 11.1 Å². The van der Waals surface area contributed by atoms with Crippen LogP contribution < -0.4 is 4.90 Å². The molecule has 4 heteroatoms. The first-order valence-corrected chi connectivity index (χ1v) is 10.3. The van der Waals surface area contributed by atoms with Gasteiger partial charge in [0.1, 0.15) is 0 Å². The van der Waals surface area contributed by atoms with Crippen LogP contribution in [-0.4, -0.2) is 23.7 Å². The molecule has 3 aromatic rings. The summed E-state index contributed by atoms with van der Waals surface area (Å²) in [6, 6.07) is 17.9. The van der Waals surface area contributed by atoms with Gasteiger partial charge in [-0.25, -0.2) is 0 Å². The average Bonchev–Trinajstić information content (AvgIpc) is 2.77. The van der Waals surface area contributed by atoms with Crippen molar-refractivity contribution in [1.29, 1.82) is 0 Å². The summed E-state index contributed by atoms with van der Waals surface area (Å²) in [5.74, 6) is 0.234. The smallest absolute Gasteiger partial charge is 0.226 e. The first-order valence-electron chi connectivity index (χ1n) is 10.3. The zero-order valence-electron chi connectivity index (χ0n) is 18.1. The van der Waals surface area contributed by atoms with Gasteiger partial charge in [-0.05, 0) is 60.7 Å². The van der Waals surface area contributed by atoms with Gasteiger partial charge >= 0.3 is 0 Å². The van der Waals surface area contributed by atoms with Crippen LogP contribution in [0, 0.1) is 13.8 Å². The number of aromatic nitrogens is 1. The number of aryl methyl sites for hydroxylation is 3. The summed E-state index contributed by atoms with van der Waals surface area (Å²) >= 11 is 0. The molecule has 0 aliphatic carbocycles. The topological polar surface area (TPSA) is 50.3 Å². The third-order valence-corrected chi connectivity index (χ3v) is 5.40. The van der Waals surface area contributed by atoms with E-state index in [0.29, 0.717) is 19.3 Å². The number of hydrogen-bond donors (Lipinski definition) is 0. The number of ketones is 1. The van der Waals surface area contributed by atoms with Crippen LogP contribution in [0.15, 0.2) is 60.8 Å². The highest BCUT2D eigenvalue weighted by atomic mass is 16.2. The van der Waals surface area contributed by atoms with E-state index in [2.05, 4.69) is 11.1 Å². The minimum atomic E-state index is 0.0860. The number of nitrogens with zero attached hydrogens (tertiary/aromatic N) is 2. The van der Waals surface area contributed by atoms with Crippen LogP contribution >= 0.6 is 0 Å². The molecule has 154 valence electrons. The molecule has 2 aromatic carbocycles. The van der Waals surface area contributed by atoms with E-state index >= 15 is 0 Å². The van der Waals surface area contributed by atoms with Crippen LogP contribution in [-0.2, 0) is 11.2 Å². The standard InChI is InChI=1S/C26H28N2O2/c1-5-26(30)28(4)23-12-9-21(10-13-23)22-11-14-24(18(2)16-22)25(29)15-8-20-7-6-19(3)27-17-20/h6-7,9-14,16-17H,5,8,15H2,1-4H3. The minimum absolute atomic E-state index is 0.0860. The van der Waals surface area contributed by atoms with Gasteiger partial charge in [0.15, 0.2) is 5.78 Å². The second-order valence-corrected chi connectivity index (χ2v) is 7.61. The molecule has 0 bridgehead atoms. The maximum atomic E-state index is 12.7. The largest absolute Gasteiger partial charge is 0.316 e. The number of Topliss-reactive ketones (excluding diaryl/α,β-unsaturated/α-hetero) is 1. The van der Waals surface area contributed by atoms with E-state index in [1.54, 1.807) is 11.9 Å². The van der Waals surface area contributed by atoms with Gasteiger partial charge in [-0.2, -0.15) is 0 Å². The Morgan fingerprint density at radius 1 is 0.933 bits per heavy atom. The molecular weight excluding hydrogens is 372 g/mol. The highest BCUT2D eigenvalue weighted by molar-refractivity contribution is 5.98. The number of carbonyl (C=O) groups excluding carboxylic acids is 2. The fraction of sp³-hybridized carbons (Fsp3) is 0.269. The molecular formula is C26H28N2O2. The number of hydrogen-bond acceptors (Lipinski definition) is 3. The lowest BCUT2D eigenvalue weighted by atomic mass is 9.95. The van der Waals surface area contributed by atoms with E-state index in [1.807, 2.05) is 75.5 Å². The lowest BCUT2D eigenvalue weighted by Gasteiger charge is -2.17. The maximum absolute atomic E-state index is 12.7. The van der Waals surface area contributed by atoms with E-state index in [0.717, 1.165) is 39.2 Å². The first kappa shape index (κ1) is 21.4. The molecule has 0 atom stereocenters. The van der Waals surface area contributed by atoms with E-state index < -0.39 is 0 Å². The van der Waals surface area contributed by atoms with Gasteiger partial charge in [0.25, 0.3) is 0 Å². The van der Waals surface area contributed by atoms with Crippen molar-refractivity contribution >= 4 is 17.4 Å². The van der Waals surface area contributed by atoms with Gasteiger partial charge in [0, 0.05) is 43.0 Å². The lowest BCUT2D eigenvalue weighted by Crippen LogP contribution is -2.24. The van der Waals surface area contributed by atoms with Gasteiger partial charge in [0.2, 0.25) is 5.91 Å². The van der Waals surface area contributed by atoms with E-state index in [-0.39, 0.29) is 11.7 Å². The summed E-state index contributed by atoms with van der Waals surface area (Å²) in [4.78, 5) is 30.5. The molecule has 0 saturated carbocycles. The van der Waals surface area contributed by atoms with Gasteiger partial charge in [0.05, 0.1) is 0 Å². The summed E-state index contributed by atoms with van der Waals surface area (Å²) in [7, 11) is 1.79. The van der Waals surface area contributed by atoms with Crippen molar-refractivity contribution < 1.29 is 9.59 Å². The highest BCUT2D eigenvalue weighted by Gasteiger charge is 2.12. The SMILES string of the molecule is CCC(=O)N(C)c1ccc(-c2ccc(C(=O)CCc3ccc(C)nc3)c(C)c2)cc1. The Morgan fingerprint density at radius 2 is 1.63 bits per heavy atom. The van der Waals surface area contributed by atoms with Crippen molar-refractivity contribution in [2.75, 3.05) is 11.9 Å². The van der Waals surface area contributed by atoms with Crippen molar-refractivity contribution in [2.45, 2.75) is 40.0 Å². The Labute approximate surface area is 178 Å². The zero-order valence-corrected chi connectivity index (χ0v) is 18.1. The molecule has 1 aromatic heterocycles. The van der Waals surface area contributed by atoms with Gasteiger partial charge in [-0.1, -0.05) is 43.3 Å². The predicted molar refractivity (Wildman–Crippen MR) is 122 cm³/mol. The summed E-state index contributed by atoms with van der Waals surface area (Å²) < 4.78 is 0. The third-order valence-electron chi connectivity index (χ3n) is 5.40. The van der Waals surface area contributed by atoms with E-state index in [4.69, 9.17) is 0 Å². The monoisotopic (exact) mass is 400 g/mol. The molecule has 30 heavy (non-hydrogen) atoms. The van der Waals surface area contributed by atoms with Crippen LogP contribution in [0.2, 0.25) is 0 Å². The summed E-state index contributed by atoms with van der Waals surface area (Å²) in [5.41, 5.74) is 6.79. The van der Waals surface area contributed by atoms with Gasteiger partial charge in [-0.15, -0.1) is 0 Å². The average molecular weight is 401 g/mol. The number of carbonyl (C=O) groups is 2. The van der Waals surface area contributed by atoms with Crippen molar-refractivity contribution in [3.63, 3.8) is 0 Å². The number of rotatable bonds is 7. The normalized spacial score (nSPS) is 10.7. The fourth-order valence-corrected chi connectivity index (χ4v) is 3.45. The summed E-state index contributed by atoms with van der Waals surface area (Å²) in [6.07, 6.45) is 3.48. The summed E-state index contributed by atoms with van der Waals surface area (Å²) in [5, 5.41) is 0. The summed E-state index contributed by atoms with van der Waals surface area (Å²) in [6.45, 7) is 5.79. The molecule has 1 amide bonds. The van der Waals surface area contributed by atoms with Crippen molar-refractivity contribution in [1.82, 2.24) is 4.98 Å².